The van der Waals surface area contributed by atoms with Gasteiger partial charge in [0.1, 0.15) is 6.33 Å². The predicted octanol–water partition coefficient (Wildman–Crippen LogP) is 3.42. The second-order valence-corrected chi connectivity index (χ2v) is 9.54. The average Bonchev–Trinajstić information content (AvgIpc) is 3.48. The number of piperidine rings is 1. The maximum Gasteiger partial charge on any atom is 0.233 e. The molecule has 0 spiro atoms. The molecule has 1 saturated heterocycles. The Hall–Kier alpha value is -3.23. The molecule has 4 aromatic rings. The van der Waals surface area contributed by atoms with Crippen molar-refractivity contribution >= 4 is 22.5 Å². The minimum atomic E-state index is -0.0873. The van der Waals surface area contributed by atoms with Crippen molar-refractivity contribution in [2.75, 3.05) is 26.7 Å². The Kier molecular flexibility index (Phi) is 6.10. The van der Waals surface area contributed by atoms with Gasteiger partial charge in [-0.3, -0.25) is 9.69 Å². The maximum atomic E-state index is 11.7. The number of benzene rings is 1. The number of nitrogens with one attached hydrogen (secondary N) is 2. The summed E-state index contributed by atoms with van der Waals surface area (Å²) in [6.45, 7) is 6.71. The molecule has 1 amide bonds. The molecule has 1 fully saturated rings. The number of nitrogens with zero attached hydrogens (tertiary/aromatic N) is 4. The van der Waals surface area contributed by atoms with Gasteiger partial charge in [0.2, 0.25) is 5.91 Å². The molecule has 0 radical (unpaired) electrons. The summed E-state index contributed by atoms with van der Waals surface area (Å²) in [5.41, 5.74) is 7.25. The Balaban J connectivity index is 1.49. The van der Waals surface area contributed by atoms with Crippen LogP contribution in [0.1, 0.15) is 55.2 Å². The summed E-state index contributed by atoms with van der Waals surface area (Å²) in [7, 11) is 1.69. The Morgan fingerprint density at radius 1 is 1.26 bits per heavy atom. The minimum absolute atomic E-state index is 0.0785. The first-order chi connectivity index (χ1) is 16.5. The number of aliphatic hydroxyl groups excluding tert-OH is 1. The van der Waals surface area contributed by atoms with Crippen molar-refractivity contribution < 1.29 is 9.90 Å². The van der Waals surface area contributed by atoms with Crippen molar-refractivity contribution in [3.05, 3.63) is 53.5 Å². The smallest absolute Gasteiger partial charge is 0.233 e. The minimum Gasteiger partial charge on any atom is -0.392 e. The third-order valence-corrected chi connectivity index (χ3v) is 7.06. The lowest BCUT2D eigenvalue weighted by Crippen LogP contribution is -2.40. The number of aromatic nitrogens is 4. The van der Waals surface area contributed by atoms with Gasteiger partial charge in [0.05, 0.1) is 18.8 Å². The molecular formula is C26H32N6O2. The molecule has 34 heavy (non-hydrogen) atoms. The second kappa shape index (κ2) is 9.19. The Labute approximate surface area is 199 Å². The van der Waals surface area contributed by atoms with Gasteiger partial charge in [-0.05, 0) is 67.1 Å². The van der Waals surface area contributed by atoms with Gasteiger partial charge in [-0.1, -0.05) is 19.9 Å². The van der Waals surface area contributed by atoms with E-state index in [2.05, 4.69) is 57.3 Å². The molecule has 3 N–H and O–H groups in total. The summed E-state index contributed by atoms with van der Waals surface area (Å²) in [6.07, 6.45) is 5.60. The number of hydrogen-bond acceptors (Lipinski definition) is 5. The average molecular weight is 461 g/mol. The fourth-order valence-corrected chi connectivity index (χ4v) is 5.27. The highest BCUT2D eigenvalue weighted by molar-refractivity contribution is 5.92. The Bertz CT molecular complexity index is 1330. The molecule has 3 aromatic heterocycles. The van der Waals surface area contributed by atoms with Crippen LogP contribution in [0.4, 0.5) is 0 Å². The van der Waals surface area contributed by atoms with E-state index < -0.39 is 0 Å². The normalized spacial score (nSPS) is 15.6. The standard InChI is InChI=1S/C26H32N6O2/c1-16(2)24-21-11-18(17-6-8-31(9-7-17)13-23(34)27-3)4-5-22(21)30-25(24)19-10-20(14-33)26-28-15-29-32(26)12-19/h4-5,10-12,15-17,30,33H,6-9,13-14H2,1-3H3,(H,27,34). The van der Waals surface area contributed by atoms with Crippen LogP contribution in [0.5, 0.6) is 0 Å². The van der Waals surface area contributed by atoms with E-state index in [9.17, 15) is 9.90 Å². The van der Waals surface area contributed by atoms with Crippen LogP contribution in [0.2, 0.25) is 0 Å². The fourth-order valence-electron chi connectivity index (χ4n) is 5.27. The van der Waals surface area contributed by atoms with Gasteiger partial charge in [-0.15, -0.1) is 0 Å². The van der Waals surface area contributed by atoms with Gasteiger partial charge >= 0.3 is 0 Å². The van der Waals surface area contributed by atoms with Crippen molar-refractivity contribution in [2.45, 2.75) is 45.1 Å². The van der Waals surface area contributed by atoms with E-state index in [1.807, 2.05) is 12.3 Å². The lowest BCUT2D eigenvalue weighted by molar-refractivity contribution is -0.122. The highest BCUT2D eigenvalue weighted by atomic mass is 16.3. The molecule has 5 rings (SSSR count). The van der Waals surface area contributed by atoms with E-state index in [1.54, 1.807) is 11.6 Å². The number of aromatic amines is 1. The van der Waals surface area contributed by atoms with Crippen LogP contribution in [0, 0.1) is 0 Å². The van der Waals surface area contributed by atoms with Crippen LogP contribution in [0.25, 0.3) is 27.8 Å². The molecule has 0 atom stereocenters. The van der Waals surface area contributed by atoms with Crippen molar-refractivity contribution in [1.29, 1.82) is 0 Å². The van der Waals surface area contributed by atoms with Gasteiger partial charge in [0.25, 0.3) is 0 Å². The SMILES string of the molecule is CNC(=O)CN1CCC(c2ccc3[nH]c(-c4cc(CO)c5ncnn5c4)c(C(C)C)c3c2)CC1. The molecule has 0 unspecified atom stereocenters. The van der Waals surface area contributed by atoms with E-state index in [-0.39, 0.29) is 12.5 Å². The number of rotatable bonds is 6. The van der Waals surface area contributed by atoms with Gasteiger partial charge in [-0.2, -0.15) is 5.10 Å². The molecule has 8 nitrogen and oxygen atoms in total. The van der Waals surface area contributed by atoms with Gasteiger partial charge in [0.15, 0.2) is 5.65 Å². The van der Waals surface area contributed by atoms with E-state index in [0.717, 1.165) is 48.3 Å². The van der Waals surface area contributed by atoms with E-state index in [0.29, 0.717) is 24.0 Å². The summed E-state index contributed by atoms with van der Waals surface area (Å²) in [6, 6.07) is 8.79. The topological polar surface area (TPSA) is 98.5 Å². The fraction of sp³-hybridized carbons (Fsp3) is 0.423. The van der Waals surface area contributed by atoms with Crippen molar-refractivity contribution in [2.24, 2.45) is 0 Å². The summed E-state index contributed by atoms with van der Waals surface area (Å²) in [5, 5.41) is 18.2. The highest BCUT2D eigenvalue weighted by Gasteiger charge is 2.24. The Morgan fingerprint density at radius 3 is 2.76 bits per heavy atom. The van der Waals surface area contributed by atoms with Gasteiger partial charge in [-0.25, -0.2) is 9.50 Å². The number of carbonyl (C=O) groups is 1. The maximum absolute atomic E-state index is 11.7. The molecule has 1 aliphatic rings. The first-order valence-corrected chi connectivity index (χ1v) is 12.0. The van der Waals surface area contributed by atoms with Gasteiger partial charge < -0.3 is 15.4 Å². The zero-order valence-corrected chi connectivity index (χ0v) is 20.0. The summed E-state index contributed by atoms with van der Waals surface area (Å²) < 4.78 is 1.73. The van der Waals surface area contributed by atoms with E-state index in [4.69, 9.17) is 0 Å². The van der Waals surface area contributed by atoms with Crippen LogP contribution in [0.3, 0.4) is 0 Å². The summed E-state index contributed by atoms with van der Waals surface area (Å²) in [5.74, 6) is 0.892. The molecule has 0 saturated carbocycles. The van der Waals surface area contributed by atoms with Crippen molar-refractivity contribution in [1.82, 2.24) is 29.8 Å². The van der Waals surface area contributed by atoms with Crippen molar-refractivity contribution in [3.63, 3.8) is 0 Å². The number of H-pyrrole nitrogens is 1. The molecule has 1 aliphatic heterocycles. The summed E-state index contributed by atoms with van der Waals surface area (Å²) >= 11 is 0. The molecule has 178 valence electrons. The molecule has 0 aliphatic carbocycles. The number of carbonyl (C=O) groups excluding carboxylic acids is 1. The number of hydrogen-bond donors (Lipinski definition) is 3. The van der Waals surface area contributed by atoms with E-state index in [1.165, 1.54) is 22.8 Å². The van der Waals surface area contributed by atoms with Gasteiger partial charge in [0, 0.05) is 35.3 Å². The number of pyridine rings is 1. The number of likely N-dealkylation sites (tertiary alicyclic amines) is 1. The zero-order chi connectivity index (χ0) is 23.8. The third-order valence-electron chi connectivity index (χ3n) is 7.06. The van der Waals surface area contributed by atoms with Crippen molar-refractivity contribution in [3.8, 4) is 11.3 Å². The summed E-state index contributed by atoms with van der Waals surface area (Å²) in [4.78, 5) is 21.9. The number of aliphatic hydroxyl groups is 1. The first-order valence-electron chi connectivity index (χ1n) is 12.0. The Morgan fingerprint density at radius 2 is 2.06 bits per heavy atom. The monoisotopic (exact) mass is 460 g/mol. The second-order valence-electron chi connectivity index (χ2n) is 9.54. The molecule has 8 heteroatoms. The highest BCUT2D eigenvalue weighted by Crippen LogP contribution is 2.38. The third kappa shape index (κ3) is 4.08. The number of amides is 1. The van der Waals surface area contributed by atoms with Crippen LogP contribution in [-0.2, 0) is 11.4 Å². The van der Waals surface area contributed by atoms with E-state index >= 15 is 0 Å². The molecule has 4 heterocycles. The molecule has 0 bridgehead atoms. The van der Waals surface area contributed by atoms with Crippen LogP contribution >= 0.6 is 0 Å². The number of likely N-dealkylation sites (N-methyl/N-ethyl adjacent to an activating group) is 1. The zero-order valence-electron chi connectivity index (χ0n) is 20.0. The number of fused-ring (bicyclic) bond motifs is 2. The quantitative estimate of drug-likeness (QED) is 0.410. The van der Waals surface area contributed by atoms with Crippen LogP contribution < -0.4 is 5.32 Å². The van der Waals surface area contributed by atoms with Crippen LogP contribution in [-0.4, -0.2) is 62.2 Å². The largest absolute Gasteiger partial charge is 0.392 e. The van der Waals surface area contributed by atoms with Crippen LogP contribution in [0.15, 0.2) is 36.8 Å². The lowest BCUT2D eigenvalue weighted by atomic mass is 9.87. The predicted molar refractivity (Wildman–Crippen MR) is 133 cm³/mol. The molecule has 1 aromatic carbocycles. The lowest BCUT2D eigenvalue weighted by Gasteiger charge is -2.31. The molecular weight excluding hydrogens is 428 g/mol. The first kappa shape index (κ1) is 22.6.